The lowest BCUT2D eigenvalue weighted by molar-refractivity contribution is -0.145. The number of carbonyl (C=O) groups excluding carboxylic acids is 4. The molecule has 282 valence electrons. The number of carbonyl (C=O) groups is 4. The van der Waals surface area contributed by atoms with E-state index in [2.05, 4.69) is 40.1 Å². The fourth-order valence-electron chi connectivity index (χ4n) is 8.57. The minimum absolute atomic E-state index is 0.0834. The first kappa shape index (κ1) is 36.4. The van der Waals surface area contributed by atoms with Crippen LogP contribution in [0.3, 0.4) is 0 Å². The number of nitrogens with one attached hydrogen (secondary N) is 3. The molecule has 3 heterocycles. The Morgan fingerprint density at radius 1 is 1.06 bits per heavy atom. The Balaban J connectivity index is 1.20. The molecule has 4 bridgehead atoms. The Hall–Kier alpha value is -3.91. The van der Waals surface area contributed by atoms with E-state index >= 15 is 0 Å². The van der Waals surface area contributed by atoms with E-state index in [9.17, 15) is 27.6 Å². The smallest absolute Gasteiger partial charge is 0.407 e. The topological polar surface area (TPSA) is 163 Å². The predicted molar refractivity (Wildman–Crippen MR) is 193 cm³/mol. The molecule has 6 atom stereocenters. The summed E-state index contributed by atoms with van der Waals surface area (Å²) in [7, 11) is -1.95. The van der Waals surface area contributed by atoms with Crippen molar-refractivity contribution < 1.29 is 37.1 Å². The lowest BCUT2D eigenvalue weighted by Crippen LogP contribution is -2.70. The van der Waals surface area contributed by atoms with Crippen LogP contribution in [0.1, 0.15) is 100.0 Å². The highest BCUT2D eigenvalue weighted by Crippen LogP contribution is 2.42. The van der Waals surface area contributed by atoms with Crippen molar-refractivity contribution in [1.29, 1.82) is 0 Å². The minimum atomic E-state index is -3.88. The molecule has 0 spiro atoms. The van der Waals surface area contributed by atoms with Crippen LogP contribution in [-0.4, -0.2) is 91.2 Å². The molecule has 3 aliphatic heterocycles. The van der Waals surface area contributed by atoms with Crippen molar-refractivity contribution in [2.75, 3.05) is 20.2 Å². The zero-order valence-corrected chi connectivity index (χ0v) is 30.7. The van der Waals surface area contributed by atoms with Gasteiger partial charge in [-0.3, -0.25) is 19.1 Å². The van der Waals surface area contributed by atoms with Crippen LogP contribution >= 0.6 is 0 Å². The first-order valence-electron chi connectivity index (χ1n) is 18.9. The van der Waals surface area contributed by atoms with Gasteiger partial charge in [0.25, 0.3) is 5.91 Å². The minimum Gasteiger partial charge on any atom is -0.450 e. The molecule has 7 rings (SSSR count). The SMILES string of the molecule is C=C[C@@H]1CC[C@]1(NC(=O)[C@@H]1C[C@@H]2CN1C(=O)[C@H](C1CCCC1)NC(=O)OCCCCCc1ccc3c(c1)C(O2)N(C)C=C3)C(=O)NS(=O)(=O)C1CC1. The third-order valence-corrected chi connectivity index (χ3v) is 13.7. The quantitative estimate of drug-likeness (QED) is 0.355. The highest BCUT2D eigenvalue weighted by Gasteiger charge is 2.56. The molecular weight excluding hydrogens is 687 g/mol. The highest BCUT2D eigenvalue weighted by molar-refractivity contribution is 7.91. The van der Waals surface area contributed by atoms with Gasteiger partial charge in [0.1, 0.15) is 17.6 Å². The van der Waals surface area contributed by atoms with E-state index in [1.54, 1.807) is 6.08 Å². The summed E-state index contributed by atoms with van der Waals surface area (Å²) in [6, 6.07) is 4.41. The lowest BCUT2D eigenvalue weighted by Gasteiger charge is -2.47. The fourth-order valence-corrected chi connectivity index (χ4v) is 9.93. The Morgan fingerprint density at radius 2 is 1.85 bits per heavy atom. The van der Waals surface area contributed by atoms with Crippen LogP contribution in [0.15, 0.2) is 37.1 Å². The summed E-state index contributed by atoms with van der Waals surface area (Å²) < 4.78 is 40.2. The molecule has 3 saturated carbocycles. The molecule has 3 N–H and O–H groups in total. The van der Waals surface area contributed by atoms with E-state index < -0.39 is 75.0 Å². The second-order valence-electron chi connectivity index (χ2n) is 15.4. The van der Waals surface area contributed by atoms with Crippen molar-refractivity contribution in [3.05, 3.63) is 53.7 Å². The van der Waals surface area contributed by atoms with Gasteiger partial charge >= 0.3 is 6.09 Å². The summed E-state index contributed by atoms with van der Waals surface area (Å²) in [4.78, 5) is 59.4. The third kappa shape index (κ3) is 7.33. The fraction of sp³-hybridized carbons (Fsp3) is 0.632. The number of benzene rings is 1. The summed E-state index contributed by atoms with van der Waals surface area (Å²) in [5, 5.41) is 5.16. The van der Waals surface area contributed by atoms with E-state index in [-0.39, 0.29) is 31.9 Å². The molecule has 6 aliphatic rings. The van der Waals surface area contributed by atoms with Crippen LogP contribution in [0.2, 0.25) is 0 Å². The zero-order valence-electron chi connectivity index (χ0n) is 29.9. The number of rotatable bonds is 7. The molecule has 1 aromatic rings. The summed E-state index contributed by atoms with van der Waals surface area (Å²) in [6.45, 7) is 4.17. The monoisotopic (exact) mass is 737 g/mol. The number of fused-ring (bicyclic) bond motifs is 3. The van der Waals surface area contributed by atoms with Crippen LogP contribution in [0, 0.1) is 11.8 Å². The Kier molecular flexibility index (Phi) is 10.4. The second-order valence-corrected chi connectivity index (χ2v) is 17.4. The van der Waals surface area contributed by atoms with Gasteiger partial charge in [-0.1, -0.05) is 37.1 Å². The van der Waals surface area contributed by atoms with Gasteiger partial charge in [-0.15, -0.1) is 6.58 Å². The Bertz CT molecular complexity index is 1720. The van der Waals surface area contributed by atoms with Crippen LogP contribution in [0.5, 0.6) is 0 Å². The predicted octanol–water partition coefficient (Wildman–Crippen LogP) is 3.66. The van der Waals surface area contributed by atoms with Crippen molar-refractivity contribution in [2.45, 2.75) is 119 Å². The van der Waals surface area contributed by atoms with E-state index in [1.165, 1.54) is 10.5 Å². The van der Waals surface area contributed by atoms with Crippen molar-refractivity contribution in [3.63, 3.8) is 0 Å². The molecule has 4 amide bonds. The van der Waals surface area contributed by atoms with Gasteiger partial charge in [-0.25, -0.2) is 13.2 Å². The maximum atomic E-state index is 14.7. The molecule has 1 aromatic carbocycles. The molecule has 0 radical (unpaired) electrons. The van der Waals surface area contributed by atoms with Gasteiger partial charge in [-0.05, 0) is 87.3 Å². The second kappa shape index (κ2) is 14.8. The van der Waals surface area contributed by atoms with Gasteiger partial charge < -0.3 is 29.9 Å². The van der Waals surface area contributed by atoms with Gasteiger partial charge in [0.2, 0.25) is 21.8 Å². The molecule has 1 unspecified atom stereocenters. The van der Waals surface area contributed by atoms with E-state index in [0.717, 1.165) is 56.1 Å². The van der Waals surface area contributed by atoms with Crippen molar-refractivity contribution >= 4 is 39.9 Å². The van der Waals surface area contributed by atoms with Crippen LogP contribution in [0.25, 0.3) is 6.08 Å². The highest BCUT2D eigenvalue weighted by atomic mass is 32.2. The van der Waals surface area contributed by atoms with Crippen LogP contribution < -0.4 is 15.4 Å². The average Bonchev–Trinajstić information content (AvgIpc) is 3.68. The van der Waals surface area contributed by atoms with Crippen LogP contribution in [-0.2, 0) is 40.3 Å². The zero-order chi connectivity index (χ0) is 36.6. The summed E-state index contributed by atoms with van der Waals surface area (Å²) in [5.74, 6) is -2.40. The first-order chi connectivity index (χ1) is 25.0. The normalized spacial score (nSPS) is 31.4. The number of amides is 4. The standard InChI is InChI=1S/C38H51N5O8S/c1-3-27-16-18-38(27,36(46)41-52(48,49)29-14-15-29)40-33(44)31-22-28-23-43(31)34(45)32(26-10-6-7-11-26)39-37(47)50-20-8-4-5-9-24-12-13-25-17-19-42(2)35(51-28)30(25)21-24/h3,12-13,17,19,21,26-29,31-32,35H,1,4-11,14-16,18,20,22-23H2,2H3,(H,39,47)(H,40,44)(H,41,46)/t27-,28-,31+,32+,35?,38-/m1/s1. The summed E-state index contributed by atoms with van der Waals surface area (Å²) in [6.07, 6.45) is 12.4. The Morgan fingerprint density at radius 3 is 2.56 bits per heavy atom. The molecule has 13 nitrogen and oxygen atoms in total. The van der Waals surface area contributed by atoms with Gasteiger partial charge in [0, 0.05) is 37.7 Å². The molecule has 52 heavy (non-hydrogen) atoms. The van der Waals surface area contributed by atoms with E-state index in [1.807, 2.05) is 24.2 Å². The maximum absolute atomic E-state index is 14.7. The number of hydrogen-bond donors (Lipinski definition) is 3. The number of cyclic esters (lactones) is 1. The van der Waals surface area contributed by atoms with Crippen LogP contribution in [0.4, 0.5) is 4.79 Å². The van der Waals surface area contributed by atoms with E-state index in [0.29, 0.717) is 25.7 Å². The molecule has 1 saturated heterocycles. The number of alkyl carbamates (subject to hydrolysis) is 1. The molecular formula is C38H51N5O8S. The Labute approximate surface area is 305 Å². The number of sulfonamides is 1. The molecule has 14 heteroatoms. The van der Waals surface area contributed by atoms with Crippen molar-refractivity contribution in [2.24, 2.45) is 11.8 Å². The number of nitrogens with zero attached hydrogens (tertiary/aromatic N) is 2. The van der Waals surface area contributed by atoms with Gasteiger partial charge in [-0.2, -0.15) is 0 Å². The first-order valence-corrected chi connectivity index (χ1v) is 20.5. The maximum Gasteiger partial charge on any atom is 0.407 e. The largest absolute Gasteiger partial charge is 0.450 e. The van der Waals surface area contributed by atoms with Gasteiger partial charge in [0.15, 0.2) is 6.23 Å². The summed E-state index contributed by atoms with van der Waals surface area (Å²) in [5.41, 5.74) is 1.68. The van der Waals surface area contributed by atoms with Crippen molar-refractivity contribution in [3.8, 4) is 0 Å². The third-order valence-electron chi connectivity index (χ3n) is 11.9. The summed E-state index contributed by atoms with van der Waals surface area (Å²) >= 11 is 0. The average molecular weight is 738 g/mol. The molecule has 4 fully saturated rings. The number of hydrogen-bond acceptors (Lipinski definition) is 9. The van der Waals surface area contributed by atoms with Gasteiger partial charge in [0.05, 0.1) is 18.0 Å². The lowest BCUT2D eigenvalue weighted by atomic mass is 9.66. The van der Waals surface area contributed by atoms with E-state index in [4.69, 9.17) is 9.47 Å². The number of aryl methyl sites for hydroxylation is 1. The number of ether oxygens (including phenoxy) is 2. The molecule has 0 aromatic heterocycles. The van der Waals surface area contributed by atoms with Crippen molar-refractivity contribution in [1.82, 2.24) is 25.2 Å². The molecule has 3 aliphatic carbocycles.